The van der Waals surface area contributed by atoms with E-state index in [0.717, 1.165) is 0 Å². The number of rotatable bonds is 2. The van der Waals surface area contributed by atoms with Gasteiger partial charge in [0.25, 0.3) is 0 Å². The zero-order valence-electron chi connectivity index (χ0n) is 19.4. The van der Waals surface area contributed by atoms with Gasteiger partial charge < -0.3 is 16.0 Å². The first-order valence-corrected chi connectivity index (χ1v) is 13.7. The van der Waals surface area contributed by atoms with Gasteiger partial charge in [-0.25, -0.2) is 0 Å². The summed E-state index contributed by atoms with van der Waals surface area (Å²) in [6, 6.07) is 2.73. The maximum Gasteiger partial charge on any atom is 0.0224 e. The van der Waals surface area contributed by atoms with Crippen molar-refractivity contribution in [1.29, 1.82) is 0 Å². The average Bonchev–Trinajstić information content (AvgIpc) is 2.91. The Morgan fingerprint density at radius 1 is 0.310 bits per heavy atom. The molecule has 0 aromatic heterocycles. The maximum atomic E-state index is 4.28. The van der Waals surface area contributed by atoms with E-state index < -0.39 is 0 Å². The highest BCUT2D eigenvalue weighted by molar-refractivity contribution is 4.91. The lowest BCUT2D eigenvalue weighted by Gasteiger charge is -2.36. The van der Waals surface area contributed by atoms with Gasteiger partial charge in [0.15, 0.2) is 0 Å². The van der Waals surface area contributed by atoms with E-state index in [1.54, 1.807) is 0 Å². The Morgan fingerprint density at radius 3 is 1.03 bits per heavy atom. The lowest BCUT2D eigenvalue weighted by atomic mass is 9.93. The van der Waals surface area contributed by atoms with Crippen molar-refractivity contribution in [1.82, 2.24) is 16.0 Å². The summed E-state index contributed by atoms with van der Waals surface area (Å²) >= 11 is 0. The van der Waals surface area contributed by atoms with Crippen LogP contribution in [0.1, 0.15) is 128 Å². The molecule has 0 radical (unpaired) electrons. The van der Waals surface area contributed by atoms with E-state index in [-0.39, 0.29) is 0 Å². The summed E-state index contributed by atoms with van der Waals surface area (Å²) in [7, 11) is 0. The molecule has 0 amide bonds. The first-order valence-electron chi connectivity index (χ1n) is 13.7. The summed E-state index contributed by atoms with van der Waals surface area (Å²) in [4.78, 5) is 0. The molecule has 170 valence electrons. The molecule has 0 aliphatic carbocycles. The normalized spacial score (nSPS) is 35.6. The highest BCUT2D eigenvalue weighted by Crippen LogP contribution is 2.23. The Balaban J connectivity index is 1.63. The van der Waals surface area contributed by atoms with Gasteiger partial charge in [-0.15, -0.1) is 0 Å². The first kappa shape index (κ1) is 23.5. The second kappa shape index (κ2) is 14.8. The molecule has 4 atom stereocenters. The van der Waals surface area contributed by atoms with Crippen LogP contribution in [-0.4, -0.2) is 37.3 Å². The van der Waals surface area contributed by atoms with Crippen molar-refractivity contribution in [3.63, 3.8) is 0 Å². The molecule has 3 aliphatic heterocycles. The van der Waals surface area contributed by atoms with Crippen molar-refractivity contribution in [2.45, 2.75) is 153 Å². The zero-order valence-corrected chi connectivity index (χ0v) is 19.4. The number of nitrogens with one attached hydrogen (secondary N) is 3. The molecule has 3 rings (SSSR count). The minimum Gasteiger partial charge on any atom is -0.312 e. The molecule has 0 aromatic carbocycles. The Kier molecular flexibility index (Phi) is 12.0. The second-order valence-electron chi connectivity index (χ2n) is 10.3. The highest BCUT2D eigenvalue weighted by atomic mass is 15.1. The molecule has 3 heteroatoms. The van der Waals surface area contributed by atoms with E-state index in [2.05, 4.69) is 16.0 Å². The third kappa shape index (κ3) is 9.27. The van der Waals surface area contributed by atoms with Crippen LogP contribution < -0.4 is 16.0 Å². The summed E-state index contributed by atoms with van der Waals surface area (Å²) in [5, 5.41) is 12.3. The van der Waals surface area contributed by atoms with Gasteiger partial charge in [0.1, 0.15) is 0 Å². The van der Waals surface area contributed by atoms with E-state index in [9.17, 15) is 0 Å². The van der Waals surface area contributed by atoms with Crippen molar-refractivity contribution in [3.05, 3.63) is 0 Å². The lowest BCUT2D eigenvalue weighted by molar-refractivity contribution is 0.255. The molecule has 3 N–H and O–H groups in total. The van der Waals surface area contributed by atoms with E-state index in [1.807, 2.05) is 0 Å². The average molecular weight is 406 g/mol. The Morgan fingerprint density at radius 2 is 0.621 bits per heavy atom. The van der Waals surface area contributed by atoms with Crippen LogP contribution in [0, 0.1) is 0 Å². The number of hydrogen-bond donors (Lipinski definition) is 3. The Bertz CT molecular complexity index is 377. The van der Waals surface area contributed by atoms with Crippen LogP contribution in [0.25, 0.3) is 0 Å². The fourth-order valence-corrected chi connectivity index (χ4v) is 6.02. The summed E-state index contributed by atoms with van der Waals surface area (Å²) < 4.78 is 0. The van der Waals surface area contributed by atoms with Gasteiger partial charge in [-0.2, -0.15) is 0 Å². The standard InChI is InChI=1S/C26H51N3/c1-2-5-11-17-23(27-21-15-9-3-1)25-19-13-7-8-14-20-26(29-25)24-18-12-6-4-10-16-22-28-24/h23-29H,1-22H2. The summed E-state index contributed by atoms with van der Waals surface area (Å²) in [5.41, 5.74) is 0. The fraction of sp³-hybridized carbons (Fsp3) is 1.00. The predicted octanol–water partition coefficient (Wildman–Crippen LogP) is 6.07. The van der Waals surface area contributed by atoms with Crippen LogP contribution in [0.15, 0.2) is 0 Å². The molecule has 3 nitrogen and oxygen atoms in total. The van der Waals surface area contributed by atoms with E-state index >= 15 is 0 Å². The van der Waals surface area contributed by atoms with Gasteiger partial charge in [0.05, 0.1) is 0 Å². The summed E-state index contributed by atoms with van der Waals surface area (Å²) in [5.74, 6) is 0. The molecule has 0 aromatic rings. The molecular formula is C26H51N3. The molecule has 0 spiro atoms. The molecule has 3 heterocycles. The summed E-state index contributed by atoms with van der Waals surface area (Å²) in [6.45, 7) is 2.46. The molecule has 4 unspecified atom stereocenters. The smallest absolute Gasteiger partial charge is 0.0224 e. The predicted molar refractivity (Wildman–Crippen MR) is 127 cm³/mol. The third-order valence-electron chi connectivity index (χ3n) is 7.88. The largest absolute Gasteiger partial charge is 0.312 e. The lowest BCUT2D eigenvalue weighted by Crippen LogP contribution is -2.57. The molecule has 3 aliphatic rings. The van der Waals surface area contributed by atoms with Gasteiger partial charge in [0.2, 0.25) is 0 Å². The first-order chi connectivity index (χ1) is 14.4. The van der Waals surface area contributed by atoms with Gasteiger partial charge in [0, 0.05) is 24.2 Å². The molecule has 3 fully saturated rings. The third-order valence-corrected chi connectivity index (χ3v) is 7.88. The zero-order chi connectivity index (χ0) is 20.0. The monoisotopic (exact) mass is 405 g/mol. The van der Waals surface area contributed by atoms with Crippen molar-refractivity contribution in [3.8, 4) is 0 Å². The van der Waals surface area contributed by atoms with E-state index in [0.29, 0.717) is 24.2 Å². The number of hydrogen-bond acceptors (Lipinski definition) is 3. The Hall–Kier alpha value is -0.120. The summed E-state index contributed by atoms with van der Waals surface area (Å²) in [6.07, 6.45) is 28.3. The Labute approximate surface area is 181 Å². The van der Waals surface area contributed by atoms with Gasteiger partial charge in [-0.3, -0.25) is 0 Å². The SMILES string of the molecule is C1CCCCNC(C2CCCCCCC(C3CCCCCCCN3)N2)CCCC1. The van der Waals surface area contributed by atoms with Crippen LogP contribution in [-0.2, 0) is 0 Å². The van der Waals surface area contributed by atoms with Gasteiger partial charge in [-0.1, -0.05) is 89.9 Å². The van der Waals surface area contributed by atoms with E-state index in [4.69, 9.17) is 0 Å². The topological polar surface area (TPSA) is 36.1 Å². The molecular weight excluding hydrogens is 354 g/mol. The highest BCUT2D eigenvalue weighted by Gasteiger charge is 2.28. The molecule has 3 saturated heterocycles. The van der Waals surface area contributed by atoms with Crippen LogP contribution >= 0.6 is 0 Å². The molecule has 29 heavy (non-hydrogen) atoms. The van der Waals surface area contributed by atoms with Gasteiger partial charge in [-0.05, 0) is 51.6 Å². The van der Waals surface area contributed by atoms with Crippen LogP contribution in [0.2, 0.25) is 0 Å². The molecule has 0 saturated carbocycles. The van der Waals surface area contributed by atoms with E-state index in [1.165, 1.54) is 142 Å². The van der Waals surface area contributed by atoms with Crippen LogP contribution in [0.3, 0.4) is 0 Å². The quantitative estimate of drug-likeness (QED) is 0.521. The van der Waals surface area contributed by atoms with Gasteiger partial charge >= 0.3 is 0 Å². The van der Waals surface area contributed by atoms with Crippen molar-refractivity contribution in [2.75, 3.05) is 13.1 Å². The van der Waals surface area contributed by atoms with Crippen molar-refractivity contribution < 1.29 is 0 Å². The minimum absolute atomic E-state index is 0.674. The van der Waals surface area contributed by atoms with Crippen molar-refractivity contribution in [2.24, 2.45) is 0 Å². The van der Waals surface area contributed by atoms with Crippen molar-refractivity contribution >= 4 is 0 Å². The van der Waals surface area contributed by atoms with Crippen LogP contribution in [0.4, 0.5) is 0 Å². The second-order valence-corrected chi connectivity index (χ2v) is 10.3. The molecule has 0 bridgehead atoms. The fourth-order valence-electron chi connectivity index (χ4n) is 6.02. The minimum atomic E-state index is 0.674. The van der Waals surface area contributed by atoms with Crippen LogP contribution in [0.5, 0.6) is 0 Å². The maximum absolute atomic E-state index is 4.28.